The fraction of sp³-hybridized carbons (Fsp3) is 0.458. The largest absolute Gasteiger partial charge is 0.462 e. The lowest BCUT2D eigenvalue weighted by atomic mass is 9.65. The Balaban J connectivity index is 1.80. The van der Waals surface area contributed by atoms with Crippen LogP contribution in [0, 0.1) is 16.2 Å². The molecule has 0 aromatic heterocycles. The highest BCUT2D eigenvalue weighted by Crippen LogP contribution is 2.70. The van der Waals surface area contributed by atoms with E-state index in [1.54, 1.807) is 13.0 Å². The average molecular weight is 394 g/mol. The van der Waals surface area contributed by atoms with Crippen LogP contribution in [0.25, 0.3) is 10.8 Å². The van der Waals surface area contributed by atoms with Gasteiger partial charge in [0.25, 0.3) is 0 Å². The molecule has 2 aromatic carbocycles. The number of esters is 2. The predicted molar refractivity (Wildman–Crippen MR) is 109 cm³/mol. The lowest BCUT2D eigenvalue weighted by Gasteiger charge is -2.38. The second kappa shape index (κ2) is 6.41. The van der Waals surface area contributed by atoms with E-state index in [1.165, 1.54) is 0 Å². The van der Waals surface area contributed by atoms with Gasteiger partial charge < -0.3 is 9.47 Å². The molecule has 29 heavy (non-hydrogen) atoms. The van der Waals surface area contributed by atoms with Crippen LogP contribution in [0.1, 0.15) is 57.3 Å². The van der Waals surface area contributed by atoms with Crippen LogP contribution in [0.5, 0.6) is 5.75 Å². The molecule has 0 aliphatic heterocycles. The zero-order chi connectivity index (χ0) is 21.0. The van der Waals surface area contributed by atoms with E-state index in [2.05, 4.69) is 0 Å². The first-order valence-electron chi connectivity index (χ1n) is 10.1. The van der Waals surface area contributed by atoms with Gasteiger partial charge in [-0.25, -0.2) is 4.79 Å². The fourth-order valence-electron chi connectivity index (χ4n) is 5.23. The summed E-state index contributed by atoms with van der Waals surface area (Å²) in [5, 5.41) is 1.53. The van der Waals surface area contributed by atoms with Crippen molar-refractivity contribution >= 4 is 28.5 Å². The number of carbonyl (C=O) groups is 3. The normalized spacial score (nSPS) is 27.2. The maximum Gasteiger partial charge on any atom is 0.341 e. The molecular formula is C24H26O5. The third-order valence-corrected chi connectivity index (χ3v) is 7.67. The highest BCUT2D eigenvalue weighted by molar-refractivity contribution is 6.04. The summed E-state index contributed by atoms with van der Waals surface area (Å²) >= 11 is 0. The summed E-state index contributed by atoms with van der Waals surface area (Å²) in [6.45, 7) is 7.89. The van der Waals surface area contributed by atoms with Gasteiger partial charge in [0, 0.05) is 17.2 Å². The molecule has 2 saturated carbocycles. The minimum atomic E-state index is -0.873. The van der Waals surface area contributed by atoms with Crippen molar-refractivity contribution in [2.45, 2.75) is 47.0 Å². The zero-order valence-corrected chi connectivity index (χ0v) is 17.3. The maximum atomic E-state index is 13.5. The number of ether oxygens (including phenoxy) is 2. The van der Waals surface area contributed by atoms with Crippen molar-refractivity contribution in [3.05, 3.63) is 42.0 Å². The molecular weight excluding hydrogens is 368 g/mol. The molecule has 4 rings (SSSR count). The first kappa shape index (κ1) is 19.6. The molecule has 2 atom stereocenters. The van der Waals surface area contributed by atoms with Crippen molar-refractivity contribution in [3.63, 3.8) is 0 Å². The molecule has 2 fully saturated rings. The van der Waals surface area contributed by atoms with Crippen LogP contribution in [-0.2, 0) is 14.3 Å². The number of Topliss-reactive ketones (excluding diaryl/α,β-unsaturated/α-hetero) is 1. The number of ketones is 1. The lowest BCUT2D eigenvalue weighted by Crippen LogP contribution is -2.42. The van der Waals surface area contributed by atoms with E-state index in [1.807, 2.05) is 51.1 Å². The molecule has 0 heterocycles. The number of fused-ring (bicyclic) bond motifs is 3. The van der Waals surface area contributed by atoms with Crippen molar-refractivity contribution in [1.82, 2.24) is 0 Å². The van der Waals surface area contributed by atoms with Crippen LogP contribution in [0.2, 0.25) is 0 Å². The highest BCUT2D eigenvalue weighted by atomic mass is 16.5. The molecule has 0 radical (unpaired) electrons. The topological polar surface area (TPSA) is 69.7 Å². The molecule has 0 saturated heterocycles. The Kier molecular flexibility index (Phi) is 4.34. The van der Waals surface area contributed by atoms with Crippen LogP contribution in [0.15, 0.2) is 36.4 Å². The summed E-state index contributed by atoms with van der Waals surface area (Å²) in [5.41, 5.74) is -1.68. The molecule has 0 spiro atoms. The number of rotatable bonds is 4. The van der Waals surface area contributed by atoms with E-state index in [0.29, 0.717) is 18.2 Å². The second-order valence-electron chi connectivity index (χ2n) is 8.91. The maximum absolute atomic E-state index is 13.5. The molecule has 2 aromatic rings. The van der Waals surface area contributed by atoms with E-state index in [4.69, 9.17) is 9.47 Å². The van der Waals surface area contributed by atoms with Gasteiger partial charge in [-0.15, -0.1) is 0 Å². The number of carbonyl (C=O) groups excluding carboxylic acids is 3. The Morgan fingerprint density at radius 3 is 2.38 bits per heavy atom. The van der Waals surface area contributed by atoms with E-state index < -0.39 is 28.2 Å². The van der Waals surface area contributed by atoms with Crippen molar-refractivity contribution < 1.29 is 23.9 Å². The summed E-state index contributed by atoms with van der Waals surface area (Å²) in [5.74, 6) is -0.630. The average Bonchev–Trinajstić information content (AvgIpc) is 2.98. The number of benzene rings is 2. The van der Waals surface area contributed by atoms with E-state index in [-0.39, 0.29) is 30.1 Å². The molecule has 2 aliphatic carbocycles. The fourth-order valence-corrected chi connectivity index (χ4v) is 5.23. The van der Waals surface area contributed by atoms with Gasteiger partial charge in [0.15, 0.2) is 5.75 Å². The van der Waals surface area contributed by atoms with Crippen LogP contribution in [0.3, 0.4) is 0 Å². The summed E-state index contributed by atoms with van der Waals surface area (Å²) in [6, 6.07) is 10.9. The van der Waals surface area contributed by atoms with Gasteiger partial charge in [-0.3, -0.25) is 9.59 Å². The van der Waals surface area contributed by atoms with Crippen molar-refractivity contribution in [2.75, 3.05) is 6.61 Å². The van der Waals surface area contributed by atoms with Gasteiger partial charge in [0.2, 0.25) is 0 Å². The third kappa shape index (κ3) is 2.49. The van der Waals surface area contributed by atoms with Crippen molar-refractivity contribution in [1.29, 1.82) is 0 Å². The van der Waals surface area contributed by atoms with Crippen molar-refractivity contribution in [3.8, 4) is 5.75 Å². The van der Waals surface area contributed by atoms with E-state index in [0.717, 1.165) is 5.39 Å². The quantitative estimate of drug-likeness (QED) is 0.555. The van der Waals surface area contributed by atoms with Gasteiger partial charge in [-0.2, -0.15) is 0 Å². The highest BCUT2D eigenvalue weighted by Gasteiger charge is 2.73. The smallest absolute Gasteiger partial charge is 0.341 e. The molecule has 5 nitrogen and oxygen atoms in total. The Morgan fingerprint density at radius 1 is 1.03 bits per heavy atom. The van der Waals surface area contributed by atoms with E-state index >= 15 is 0 Å². The Hall–Kier alpha value is -2.69. The lowest BCUT2D eigenvalue weighted by molar-refractivity contribution is -0.151. The first-order chi connectivity index (χ1) is 13.7. The van der Waals surface area contributed by atoms with Gasteiger partial charge in [0.05, 0.1) is 12.0 Å². The van der Waals surface area contributed by atoms with Crippen molar-refractivity contribution in [2.24, 2.45) is 16.2 Å². The molecule has 152 valence electrons. The molecule has 2 aliphatic rings. The standard InChI is InChI=1S/C24H26O5/c1-5-28-20(26)17-11-10-15-8-6-7-9-16(15)19(17)29-21(27)24-13-12-23(4,18(25)14-24)22(24,2)3/h6-11H,5,12-14H2,1-4H3. The second-order valence-corrected chi connectivity index (χ2v) is 8.91. The number of hydrogen-bond donors (Lipinski definition) is 0. The zero-order valence-electron chi connectivity index (χ0n) is 17.3. The summed E-state index contributed by atoms with van der Waals surface area (Å²) in [4.78, 5) is 38.8. The molecule has 2 bridgehead atoms. The number of hydrogen-bond acceptors (Lipinski definition) is 5. The van der Waals surface area contributed by atoms with Gasteiger partial charge in [-0.05, 0) is 36.6 Å². The minimum Gasteiger partial charge on any atom is -0.462 e. The van der Waals surface area contributed by atoms with E-state index in [9.17, 15) is 14.4 Å². The van der Waals surface area contributed by atoms with Crippen LogP contribution in [-0.4, -0.2) is 24.3 Å². The summed E-state index contributed by atoms with van der Waals surface area (Å²) in [7, 11) is 0. The molecule has 2 unspecified atom stereocenters. The molecule has 0 amide bonds. The Labute approximate surface area is 170 Å². The predicted octanol–water partition coefficient (Wildman–Crippen LogP) is 4.71. The van der Waals surface area contributed by atoms with Gasteiger partial charge in [0.1, 0.15) is 11.3 Å². The minimum absolute atomic E-state index is 0.120. The Bertz CT molecular complexity index is 1040. The third-order valence-electron chi connectivity index (χ3n) is 7.67. The first-order valence-corrected chi connectivity index (χ1v) is 10.1. The monoisotopic (exact) mass is 394 g/mol. The van der Waals surface area contributed by atoms with Crippen LogP contribution in [0.4, 0.5) is 0 Å². The molecule has 0 N–H and O–H groups in total. The van der Waals surface area contributed by atoms with Gasteiger partial charge >= 0.3 is 11.9 Å². The SMILES string of the molecule is CCOC(=O)c1ccc2ccccc2c1OC(=O)C12CCC(C)(C(=O)C1)C2(C)C. The summed E-state index contributed by atoms with van der Waals surface area (Å²) < 4.78 is 11.1. The van der Waals surface area contributed by atoms with Gasteiger partial charge in [-0.1, -0.05) is 51.1 Å². The summed E-state index contributed by atoms with van der Waals surface area (Å²) in [6.07, 6.45) is 1.48. The van der Waals surface area contributed by atoms with Crippen LogP contribution >= 0.6 is 0 Å². The molecule has 5 heteroatoms. The Morgan fingerprint density at radius 2 is 1.76 bits per heavy atom. The van der Waals surface area contributed by atoms with Crippen LogP contribution < -0.4 is 4.74 Å².